The lowest BCUT2D eigenvalue weighted by Gasteiger charge is -2.29. The van der Waals surface area contributed by atoms with E-state index in [1.165, 1.54) is 24.3 Å². The van der Waals surface area contributed by atoms with E-state index in [1.54, 1.807) is 13.0 Å². The molecule has 3 rings (SSSR count). The first-order valence-electron chi connectivity index (χ1n) is 9.90. The smallest absolute Gasteiger partial charge is 0.435 e. The van der Waals surface area contributed by atoms with E-state index in [9.17, 15) is 22.8 Å². The zero-order valence-electron chi connectivity index (χ0n) is 18.2. The maximum absolute atomic E-state index is 14.1. The van der Waals surface area contributed by atoms with Gasteiger partial charge in [0.15, 0.2) is 0 Å². The second-order valence-electron chi connectivity index (χ2n) is 7.37. The third-order valence-corrected chi connectivity index (χ3v) is 5.65. The van der Waals surface area contributed by atoms with Crippen molar-refractivity contribution in [2.45, 2.75) is 38.5 Å². The van der Waals surface area contributed by atoms with E-state index in [-0.39, 0.29) is 27.9 Å². The number of carbonyl (C=O) groups is 2. The lowest BCUT2D eigenvalue weighted by molar-refractivity contribution is -0.275. The summed E-state index contributed by atoms with van der Waals surface area (Å²) in [5.74, 6) is -1.57. The molecule has 2 aromatic carbocycles. The van der Waals surface area contributed by atoms with Crippen molar-refractivity contribution in [2.24, 2.45) is 16.6 Å². The Hall–Kier alpha value is -2.82. The number of carboxylic acid groups (broad SMARTS) is 1. The van der Waals surface area contributed by atoms with E-state index < -0.39 is 30.1 Å². The average molecular weight is 520 g/mol. The van der Waals surface area contributed by atoms with Gasteiger partial charge in [0.05, 0.1) is 12.3 Å². The Morgan fingerprint density at radius 1 is 1.21 bits per heavy atom. The van der Waals surface area contributed by atoms with Gasteiger partial charge in [-0.05, 0) is 48.7 Å². The summed E-state index contributed by atoms with van der Waals surface area (Å²) in [5.41, 5.74) is 9.22. The second-order valence-corrected chi connectivity index (χ2v) is 8.24. The Bertz CT molecular complexity index is 1120. The van der Waals surface area contributed by atoms with Crippen molar-refractivity contribution in [3.63, 3.8) is 0 Å². The first kappa shape index (κ1) is 27.4. The maximum Gasteiger partial charge on any atom is 0.435 e. The predicted molar refractivity (Wildman–Crippen MR) is 122 cm³/mol. The second kappa shape index (κ2) is 10.6. The van der Waals surface area contributed by atoms with Crippen molar-refractivity contribution in [3.05, 3.63) is 68.2 Å². The summed E-state index contributed by atoms with van der Waals surface area (Å²) in [6.07, 6.45) is -4.86. The van der Waals surface area contributed by atoms with Gasteiger partial charge in [-0.2, -0.15) is 13.2 Å². The average Bonchev–Trinajstić information content (AvgIpc) is 3.19. The van der Waals surface area contributed by atoms with Crippen molar-refractivity contribution in [2.75, 3.05) is 6.54 Å². The molecule has 1 unspecified atom stereocenters. The molecule has 1 atom stereocenters. The van der Waals surface area contributed by atoms with E-state index in [0.717, 1.165) is 0 Å². The highest BCUT2D eigenvalue weighted by molar-refractivity contribution is 6.34. The Morgan fingerprint density at radius 3 is 2.21 bits per heavy atom. The number of carboxylic acids is 1. The van der Waals surface area contributed by atoms with Crippen LogP contribution in [0.2, 0.25) is 10.0 Å². The molecule has 0 radical (unpaired) electrons. The summed E-state index contributed by atoms with van der Waals surface area (Å²) in [6.45, 7) is 3.26. The van der Waals surface area contributed by atoms with Crippen molar-refractivity contribution >= 4 is 40.8 Å². The van der Waals surface area contributed by atoms with Crippen LogP contribution in [0.4, 0.5) is 13.2 Å². The topological polar surface area (TPSA) is 128 Å². The Kier molecular flexibility index (Phi) is 8.57. The van der Waals surface area contributed by atoms with Crippen LogP contribution < -0.4 is 11.5 Å². The molecule has 1 amide bonds. The largest absolute Gasteiger partial charge is 0.480 e. The third-order valence-electron chi connectivity index (χ3n) is 5.22. The zero-order valence-corrected chi connectivity index (χ0v) is 19.7. The summed E-state index contributed by atoms with van der Waals surface area (Å²) in [7, 11) is 0. The number of benzene rings is 2. The highest BCUT2D eigenvalue weighted by atomic mass is 35.5. The zero-order chi connectivity index (χ0) is 25.8. The monoisotopic (exact) mass is 519 g/mol. The van der Waals surface area contributed by atoms with Crippen LogP contribution in [-0.2, 0) is 21.7 Å². The number of alkyl halides is 3. The fourth-order valence-electron chi connectivity index (χ4n) is 3.58. The number of primary amides is 1. The van der Waals surface area contributed by atoms with Gasteiger partial charge in [0.25, 0.3) is 5.60 Å². The number of hydrogen-bond donors (Lipinski definition) is 3. The molecule has 184 valence electrons. The molecular weight excluding hydrogens is 498 g/mol. The molecule has 7 nitrogen and oxygen atoms in total. The van der Waals surface area contributed by atoms with Crippen LogP contribution in [0.15, 0.2) is 35.5 Å². The summed E-state index contributed by atoms with van der Waals surface area (Å²) in [5, 5.41) is 11.5. The van der Waals surface area contributed by atoms with Gasteiger partial charge in [0, 0.05) is 33.2 Å². The van der Waals surface area contributed by atoms with Crippen molar-refractivity contribution in [1.82, 2.24) is 0 Å². The predicted octanol–water partition coefficient (Wildman–Crippen LogP) is 4.58. The number of carbonyl (C=O) groups excluding carboxylic acids is 1. The molecule has 0 aliphatic carbocycles. The molecule has 1 heterocycles. The van der Waals surface area contributed by atoms with Crippen LogP contribution >= 0.6 is 23.2 Å². The number of aliphatic carboxylic acids is 1. The molecule has 1 aliphatic heterocycles. The summed E-state index contributed by atoms with van der Waals surface area (Å²) in [4.78, 5) is 25.9. The van der Waals surface area contributed by atoms with Gasteiger partial charge in [0.2, 0.25) is 5.91 Å². The third kappa shape index (κ3) is 5.63. The Balaban J connectivity index is 0.000000739. The molecule has 5 N–H and O–H groups in total. The van der Waals surface area contributed by atoms with E-state index in [4.69, 9.17) is 38.9 Å². The quantitative estimate of drug-likeness (QED) is 0.532. The summed E-state index contributed by atoms with van der Waals surface area (Å²) in [6, 6.07) is 6.71. The first-order chi connectivity index (χ1) is 15.8. The maximum atomic E-state index is 14.1. The van der Waals surface area contributed by atoms with Crippen LogP contribution in [0.3, 0.4) is 0 Å². The van der Waals surface area contributed by atoms with Crippen LogP contribution in [0.25, 0.3) is 0 Å². The molecule has 0 bridgehead atoms. The number of nitrogens with zero attached hydrogens (tertiary/aromatic N) is 1. The van der Waals surface area contributed by atoms with Crippen LogP contribution in [0, 0.1) is 6.92 Å². The highest BCUT2D eigenvalue weighted by Gasteiger charge is 2.62. The van der Waals surface area contributed by atoms with Crippen LogP contribution in [0.5, 0.6) is 0 Å². The van der Waals surface area contributed by atoms with Gasteiger partial charge >= 0.3 is 12.1 Å². The van der Waals surface area contributed by atoms with Gasteiger partial charge in [-0.1, -0.05) is 41.3 Å². The normalized spacial score (nSPS) is 17.4. The fourth-order valence-corrected chi connectivity index (χ4v) is 4.11. The van der Waals surface area contributed by atoms with Gasteiger partial charge in [-0.3, -0.25) is 9.59 Å². The Labute approximate surface area is 203 Å². The molecule has 34 heavy (non-hydrogen) atoms. The molecule has 1 aliphatic rings. The number of rotatable bonds is 5. The molecule has 0 saturated heterocycles. The van der Waals surface area contributed by atoms with E-state index >= 15 is 0 Å². The van der Waals surface area contributed by atoms with Crippen molar-refractivity contribution in [3.8, 4) is 0 Å². The minimum Gasteiger partial charge on any atom is -0.480 e. The number of nitrogens with two attached hydrogens (primary N) is 2. The van der Waals surface area contributed by atoms with Crippen LogP contribution in [0.1, 0.15) is 46.0 Å². The fraction of sp³-hybridized carbons (Fsp3) is 0.318. The minimum absolute atomic E-state index is 0.0593. The van der Waals surface area contributed by atoms with Gasteiger partial charge in [0.1, 0.15) is 0 Å². The van der Waals surface area contributed by atoms with E-state index in [1.807, 2.05) is 6.92 Å². The van der Waals surface area contributed by atoms with Crippen LogP contribution in [-0.4, -0.2) is 35.4 Å². The summed E-state index contributed by atoms with van der Waals surface area (Å²) < 4.78 is 42.4. The molecule has 2 aromatic rings. The number of hydrogen-bond acceptors (Lipinski definition) is 5. The number of amides is 1. The van der Waals surface area contributed by atoms with E-state index in [2.05, 4.69) is 10.9 Å². The summed E-state index contributed by atoms with van der Waals surface area (Å²) >= 11 is 11.8. The van der Waals surface area contributed by atoms with Gasteiger partial charge in [-0.15, -0.1) is 0 Å². The molecular formula is C22H22Cl2F3N3O4. The molecule has 0 spiro atoms. The lowest BCUT2D eigenvalue weighted by Crippen LogP contribution is -2.42. The molecule has 0 aromatic heterocycles. The lowest BCUT2D eigenvalue weighted by atomic mass is 9.84. The Morgan fingerprint density at radius 2 is 1.76 bits per heavy atom. The minimum atomic E-state index is -4.78. The standard InChI is InChI=1S/C20H17Cl2F3N2O2.C2H5NO2/c1-3-14-10(2)15(18(26)28)4-5-16(14)17-9-19(29-27-17,20(23,24)25)11-6-12(21)8-13(22)7-11;3-1-2(4)5/h4-8H,3,9H2,1-2H3,(H2,26,28);1,3H2,(H,4,5). The van der Waals surface area contributed by atoms with Gasteiger partial charge < -0.3 is 21.4 Å². The molecule has 12 heteroatoms. The first-order valence-corrected chi connectivity index (χ1v) is 10.7. The van der Waals surface area contributed by atoms with E-state index in [0.29, 0.717) is 28.7 Å². The van der Waals surface area contributed by atoms with Gasteiger partial charge in [-0.25, -0.2) is 0 Å². The van der Waals surface area contributed by atoms with Crippen molar-refractivity contribution in [1.29, 1.82) is 0 Å². The number of halogens is 5. The molecule has 0 saturated carbocycles. The highest BCUT2D eigenvalue weighted by Crippen LogP contribution is 2.50. The molecule has 0 fully saturated rings. The van der Waals surface area contributed by atoms with Crippen molar-refractivity contribution < 1.29 is 32.7 Å². The SMILES string of the molecule is CCc1c(C2=NOC(c3cc(Cl)cc(Cl)c3)(C(F)(F)F)C2)ccc(C(N)=O)c1C.NCC(=O)O. The number of oxime groups is 1.